The second-order valence-corrected chi connectivity index (χ2v) is 12.0. The van der Waals surface area contributed by atoms with Crippen LogP contribution in [0.15, 0.2) is 16.9 Å². The van der Waals surface area contributed by atoms with E-state index < -0.39 is 30.1 Å². The molecule has 5 rings (SSSR count). The number of carbonyl (C=O) groups is 4. The highest BCUT2D eigenvalue weighted by atomic mass is 32.2. The normalized spacial score (nSPS) is 33.5. The number of nitrogens with one attached hydrogen (secondary N) is 1. The van der Waals surface area contributed by atoms with Gasteiger partial charge in [0.05, 0.1) is 30.6 Å². The van der Waals surface area contributed by atoms with Gasteiger partial charge in [-0.3, -0.25) is 14.4 Å². The van der Waals surface area contributed by atoms with Crippen molar-refractivity contribution in [3.8, 4) is 0 Å². The van der Waals surface area contributed by atoms with E-state index in [1.165, 1.54) is 32.6 Å². The lowest BCUT2D eigenvalue weighted by Crippen LogP contribution is -2.62. The molecular weight excluding hydrogens is 519 g/mol. The van der Waals surface area contributed by atoms with Gasteiger partial charge in [-0.05, 0) is 22.8 Å². The van der Waals surface area contributed by atoms with Crippen molar-refractivity contribution in [2.24, 2.45) is 23.5 Å². The van der Waals surface area contributed by atoms with Gasteiger partial charge < -0.3 is 26.0 Å². The van der Waals surface area contributed by atoms with Crippen LogP contribution in [0.2, 0.25) is 0 Å². The summed E-state index contributed by atoms with van der Waals surface area (Å²) in [6.07, 6.45) is 0.715. The number of hydrogen-bond donors (Lipinski definition) is 3. The number of fused-ring (bicyclic) bond motifs is 1. The van der Waals surface area contributed by atoms with E-state index in [9.17, 15) is 28.7 Å². The second-order valence-electron chi connectivity index (χ2n) is 10.6. The molecule has 0 saturated carbocycles. The Hall–Kier alpha value is -2.91. The first-order valence-electron chi connectivity index (χ1n) is 12.7. The van der Waals surface area contributed by atoms with E-state index in [4.69, 9.17) is 5.73 Å². The van der Waals surface area contributed by atoms with Gasteiger partial charge in [0.1, 0.15) is 24.7 Å². The van der Waals surface area contributed by atoms with Crippen LogP contribution in [-0.4, -0.2) is 108 Å². The number of thioether (sulfide) groups is 1. The van der Waals surface area contributed by atoms with Crippen molar-refractivity contribution < 1.29 is 28.7 Å². The van der Waals surface area contributed by atoms with Crippen LogP contribution in [0.25, 0.3) is 0 Å². The first-order chi connectivity index (χ1) is 18.1. The Morgan fingerprint density at radius 3 is 2.74 bits per heavy atom. The van der Waals surface area contributed by atoms with E-state index >= 15 is 0 Å². The van der Waals surface area contributed by atoms with Crippen LogP contribution in [0.3, 0.4) is 0 Å². The molecule has 4 aliphatic rings. The predicted octanol–water partition coefficient (Wildman–Crippen LogP) is -0.987. The molecule has 0 bridgehead atoms. The standard InChI is InChI=1S/C23H31FN8O5S/c1-10(3-12(33)6-31-9-27-28-29-31)17-18-11(2)20(19(23(36)37)32(18)22(17)35)38-13-4-16(26-5-13)21(34)30-7-14(24)15(25)8-30/h9-11,13-18,26H,3-8,25H2,1-2H3,(H,36,37)/t10-,11+,13-,14-,15+,16-,17+,18+/m0/s1. The number of aromatic nitrogens is 4. The lowest BCUT2D eigenvalue weighted by Gasteiger charge is -2.47. The third-order valence-electron chi connectivity index (χ3n) is 7.97. The summed E-state index contributed by atoms with van der Waals surface area (Å²) in [5.74, 6) is -2.76. The smallest absolute Gasteiger partial charge is 0.353 e. The van der Waals surface area contributed by atoms with Crippen molar-refractivity contribution in [1.82, 2.24) is 35.3 Å². The molecule has 0 aliphatic carbocycles. The second kappa shape index (κ2) is 10.3. The molecule has 13 nitrogen and oxygen atoms in total. The van der Waals surface area contributed by atoms with Crippen molar-refractivity contribution in [2.75, 3.05) is 19.6 Å². The fraction of sp³-hybridized carbons (Fsp3) is 0.696. The van der Waals surface area contributed by atoms with Gasteiger partial charge in [-0.15, -0.1) is 16.9 Å². The van der Waals surface area contributed by atoms with E-state index in [1.807, 2.05) is 13.8 Å². The van der Waals surface area contributed by atoms with Crippen LogP contribution in [-0.2, 0) is 25.7 Å². The molecule has 0 radical (unpaired) electrons. The summed E-state index contributed by atoms with van der Waals surface area (Å²) in [7, 11) is 0. The first kappa shape index (κ1) is 26.7. The molecule has 1 aromatic rings. The zero-order valence-electron chi connectivity index (χ0n) is 21.1. The van der Waals surface area contributed by atoms with Gasteiger partial charge >= 0.3 is 5.97 Å². The van der Waals surface area contributed by atoms with E-state index in [0.29, 0.717) is 17.9 Å². The number of alkyl halides is 1. The van der Waals surface area contributed by atoms with E-state index in [0.717, 1.165) is 0 Å². The number of nitrogens with zero attached hydrogens (tertiary/aromatic N) is 6. The third-order valence-corrected chi connectivity index (χ3v) is 9.48. The van der Waals surface area contributed by atoms with E-state index in [1.54, 1.807) is 0 Å². The Bertz CT molecular complexity index is 1150. The largest absolute Gasteiger partial charge is 0.477 e. The average Bonchev–Trinajstić information content (AvgIpc) is 3.63. The number of ketones is 1. The Morgan fingerprint density at radius 2 is 2.11 bits per heavy atom. The number of carboxylic acids is 1. The van der Waals surface area contributed by atoms with Crippen molar-refractivity contribution in [3.05, 3.63) is 16.9 Å². The summed E-state index contributed by atoms with van der Waals surface area (Å²) in [4.78, 5) is 54.2. The van der Waals surface area contributed by atoms with Gasteiger partial charge in [-0.1, -0.05) is 13.8 Å². The number of tetrazole rings is 1. The van der Waals surface area contributed by atoms with Crippen molar-refractivity contribution >= 4 is 35.3 Å². The molecule has 1 aromatic heterocycles. The lowest BCUT2D eigenvalue weighted by atomic mass is 9.73. The molecule has 0 aromatic carbocycles. The van der Waals surface area contributed by atoms with Crippen LogP contribution in [0.1, 0.15) is 26.7 Å². The fourth-order valence-corrected chi connectivity index (χ4v) is 7.58. The minimum Gasteiger partial charge on any atom is -0.477 e. The van der Waals surface area contributed by atoms with Crippen LogP contribution in [0, 0.1) is 17.8 Å². The highest BCUT2D eigenvalue weighted by molar-refractivity contribution is 8.03. The lowest BCUT2D eigenvalue weighted by molar-refractivity contribution is -0.160. The van der Waals surface area contributed by atoms with Crippen LogP contribution < -0.4 is 11.1 Å². The summed E-state index contributed by atoms with van der Waals surface area (Å²) in [6.45, 7) is 4.39. The minimum absolute atomic E-state index is 0.00578. The van der Waals surface area contributed by atoms with Crippen molar-refractivity contribution in [2.45, 2.75) is 62.8 Å². The number of carboxylic acid groups (broad SMARTS) is 1. The monoisotopic (exact) mass is 550 g/mol. The van der Waals surface area contributed by atoms with Gasteiger partial charge in [-0.2, -0.15) is 0 Å². The molecule has 4 N–H and O–H groups in total. The number of nitrogens with two attached hydrogens (primary N) is 1. The van der Waals surface area contributed by atoms with Crippen LogP contribution >= 0.6 is 11.8 Å². The van der Waals surface area contributed by atoms with E-state index in [-0.39, 0.29) is 72.5 Å². The van der Waals surface area contributed by atoms with E-state index in [2.05, 4.69) is 20.8 Å². The SMILES string of the molecule is C[C@@H](CC(=O)Cn1cnnn1)[C@H]1C(=O)N2C(C(=O)O)=C(S[C@@H]3CN[C@H](C(=O)N4C[C@@H](N)[C@@H](F)C4)C3)[C@H](C)[C@H]12. The predicted molar refractivity (Wildman–Crippen MR) is 132 cm³/mol. The summed E-state index contributed by atoms with van der Waals surface area (Å²) < 4.78 is 15.1. The molecule has 206 valence electrons. The number of amides is 2. The van der Waals surface area contributed by atoms with Gasteiger partial charge in [0.25, 0.3) is 0 Å². The quantitative estimate of drug-likeness (QED) is 0.322. The van der Waals surface area contributed by atoms with Crippen LogP contribution in [0.4, 0.5) is 4.39 Å². The van der Waals surface area contributed by atoms with Gasteiger partial charge in [-0.25, -0.2) is 13.9 Å². The highest BCUT2D eigenvalue weighted by Crippen LogP contribution is 2.53. The number of Topliss-reactive ketones (excluding diaryl/α,β-unsaturated/α-hetero) is 1. The number of hydrogen-bond acceptors (Lipinski definition) is 10. The molecular formula is C23H31FN8O5S. The number of aliphatic carboxylic acids is 1. The maximum Gasteiger partial charge on any atom is 0.353 e. The molecule has 8 atom stereocenters. The maximum absolute atomic E-state index is 13.8. The Balaban J connectivity index is 1.23. The van der Waals surface area contributed by atoms with Gasteiger partial charge in [0.15, 0.2) is 5.78 Å². The average molecular weight is 551 g/mol. The van der Waals surface area contributed by atoms with Gasteiger partial charge in [0.2, 0.25) is 11.8 Å². The summed E-state index contributed by atoms with van der Waals surface area (Å²) in [6, 6.07) is -1.51. The summed E-state index contributed by atoms with van der Waals surface area (Å²) in [5, 5.41) is 23.8. The molecule has 3 fully saturated rings. The minimum atomic E-state index is -1.24. The van der Waals surface area contributed by atoms with Crippen molar-refractivity contribution in [1.29, 1.82) is 0 Å². The zero-order valence-corrected chi connectivity index (χ0v) is 21.9. The van der Waals surface area contributed by atoms with Crippen molar-refractivity contribution in [3.63, 3.8) is 0 Å². The number of halogens is 1. The molecule has 0 spiro atoms. The molecule has 2 amide bonds. The third kappa shape index (κ3) is 4.71. The van der Waals surface area contributed by atoms with Gasteiger partial charge in [0, 0.05) is 35.6 Å². The Labute approximate surface area is 222 Å². The molecule has 4 aliphatic heterocycles. The molecule has 5 heterocycles. The topological polar surface area (TPSA) is 177 Å². The number of β-lactam (4-membered cyclic amide) rings is 1. The summed E-state index contributed by atoms with van der Waals surface area (Å²) >= 11 is 1.38. The van der Waals surface area contributed by atoms with Crippen LogP contribution in [0.5, 0.6) is 0 Å². The maximum atomic E-state index is 13.8. The zero-order chi connectivity index (χ0) is 27.3. The molecule has 38 heavy (non-hydrogen) atoms. The number of likely N-dealkylation sites (tertiary alicyclic amines) is 1. The Kier molecular flexibility index (Phi) is 7.26. The molecule has 3 saturated heterocycles. The highest BCUT2D eigenvalue weighted by Gasteiger charge is 2.60. The number of rotatable bonds is 9. The Morgan fingerprint density at radius 1 is 1.34 bits per heavy atom. The first-order valence-corrected chi connectivity index (χ1v) is 13.6. The fourth-order valence-electron chi connectivity index (χ4n) is 6.10. The molecule has 0 unspecified atom stereocenters. The molecule has 15 heteroatoms. The summed E-state index contributed by atoms with van der Waals surface area (Å²) in [5.41, 5.74) is 5.71. The number of carbonyl (C=O) groups excluding carboxylic acids is 3.